The first kappa shape index (κ1) is 12.4. The molecule has 0 atom stereocenters. The highest BCUT2D eigenvalue weighted by atomic mass is 16.5. The van der Waals surface area contributed by atoms with Crippen molar-refractivity contribution in [3.05, 3.63) is 34.2 Å². The zero-order chi connectivity index (χ0) is 13.1. The molecule has 2 aromatic rings. The monoisotopic (exact) mass is 250 g/mol. The number of aromatic carboxylic acids is 1. The van der Waals surface area contributed by atoms with Gasteiger partial charge in [-0.2, -0.15) is 0 Å². The van der Waals surface area contributed by atoms with Crippen LogP contribution in [0.2, 0.25) is 0 Å². The molecule has 0 bridgehead atoms. The highest BCUT2D eigenvalue weighted by molar-refractivity contribution is 5.92. The fraction of sp³-hybridized carbons (Fsp3) is 0.333. The molecule has 6 nitrogen and oxygen atoms in total. The van der Waals surface area contributed by atoms with Gasteiger partial charge in [-0.1, -0.05) is 0 Å². The minimum Gasteiger partial charge on any atom is -0.478 e. The van der Waals surface area contributed by atoms with Crippen LogP contribution in [0.25, 0.3) is 11.0 Å². The molecule has 0 aliphatic carbocycles. The number of aromatic nitrogens is 2. The molecule has 0 saturated carbocycles. The molecule has 0 aliphatic rings. The van der Waals surface area contributed by atoms with Gasteiger partial charge in [0.25, 0.3) is 0 Å². The second-order valence-electron chi connectivity index (χ2n) is 3.82. The molecule has 0 saturated heterocycles. The quantitative estimate of drug-likeness (QED) is 0.777. The number of fused-ring (bicyclic) bond motifs is 1. The van der Waals surface area contributed by atoms with Gasteiger partial charge in [-0.05, 0) is 25.1 Å². The fourth-order valence-corrected chi connectivity index (χ4v) is 1.82. The van der Waals surface area contributed by atoms with Crippen LogP contribution in [0.5, 0.6) is 0 Å². The van der Waals surface area contributed by atoms with Gasteiger partial charge in [0.2, 0.25) is 0 Å². The molecule has 2 N–H and O–H groups in total. The summed E-state index contributed by atoms with van der Waals surface area (Å²) in [5.41, 5.74) is 1.11. The first-order chi connectivity index (χ1) is 8.63. The number of carboxylic acids is 1. The molecular weight excluding hydrogens is 236 g/mol. The van der Waals surface area contributed by atoms with E-state index in [1.165, 1.54) is 16.7 Å². The van der Waals surface area contributed by atoms with Gasteiger partial charge in [-0.15, -0.1) is 0 Å². The maximum atomic E-state index is 11.7. The molecule has 96 valence electrons. The predicted molar refractivity (Wildman–Crippen MR) is 66.0 cm³/mol. The Morgan fingerprint density at radius 2 is 2.28 bits per heavy atom. The fourth-order valence-electron chi connectivity index (χ4n) is 1.82. The third-order valence-electron chi connectivity index (χ3n) is 2.68. The Labute approximate surface area is 103 Å². The van der Waals surface area contributed by atoms with Gasteiger partial charge in [0.05, 0.1) is 29.7 Å². The Morgan fingerprint density at radius 3 is 2.94 bits per heavy atom. The number of rotatable bonds is 5. The molecule has 0 amide bonds. The molecule has 1 aromatic heterocycles. The molecule has 0 radical (unpaired) electrons. The Morgan fingerprint density at radius 1 is 1.50 bits per heavy atom. The van der Waals surface area contributed by atoms with Crippen molar-refractivity contribution in [3.63, 3.8) is 0 Å². The van der Waals surface area contributed by atoms with Crippen LogP contribution in [-0.4, -0.2) is 33.8 Å². The zero-order valence-electron chi connectivity index (χ0n) is 9.97. The summed E-state index contributed by atoms with van der Waals surface area (Å²) in [7, 11) is 0. The first-order valence-corrected chi connectivity index (χ1v) is 5.67. The van der Waals surface area contributed by atoms with Crippen molar-refractivity contribution in [1.82, 2.24) is 9.55 Å². The predicted octanol–water partition coefficient (Wildman–Crippen LogP) is 1.06. The summed E-state index contributed by atoms with van der Waals surface area (Å²) in [6.45, 7) is 3.38. The SMILES string of the molecule is CCOCCn1c(=O)[nH]c2cc(C(=O)O)ccc21. The van der Waals surface area contributed by atoms with Crippen molar-refractivity contribution in [1.29, 1.82) is 0 Å². The molecule has 0 fully saturated rings. The number of hydrogen-bond donors (Lipinski definition) is 2. The van der Waals surface area contributed by atoms with E-state index in [2.05, 4.69) is 4.98 Å². The highest BCUT2D eigenvalue weighted by Gasteiger charge is 2.09. The molecular formula is C12H14N2O4. The van der Waals surface area contributed by atoms with E-state index in [9.17, 15) is 9.59 Å². The number of nitrogens with one attached hydrogen (secondary N) is 1. The summed E-state index contributed by atoms with van der Waals surface area (Å²) < 4.78 is 6.74. The van der Waals surface area contributed by atoms with Crippen molar-refractivity contribution >= 4 is 17.0 Å². The third kappa shape index (κ3) is 2.28. The van der Waals surface area contributed by atoms with Crippen LogP contribution in [-0.2, 0) is 11.3 Å². The maximum Gasteiger partial charge on any atom is 0.335 e. The van der Waals surface area contributed by atoms with Crippen molar-refractivity contribution in [2.45, 2.75) is 13.5 Å². The summed E-state index contributed by atoms with van der Waals surface area (Å²) in [4.78, 5) is 25.2. The van der Waals surface area contributed by atoms with E-state index in [0.29, 0.717) is 30.8 Å². The Kier molecular flexibility index (Phi) is 3.47. The van der Waals surface area contributed by atoms with Crippen LogP contribution in [0, 0.1) is 0 Å². The number of benzene rings is 1. The van der Waals surface area contributed by atoms with Gasteiger partial charge in [-0.3, -0.25) is 4.57 Å². The first-order valence-electron chi connectivity index (χ1n) is 5.67. The summed E-state index contributed by atoms with van der Waals surface area (Å²) in [5.74, 6) is -1.01. The van der Waals surface area contributed by atoms with Crippen LogP contribution >= 0.6 is 0 Å². The number of nitrogens with zero attached hydrogens (tertiary/aromatic N) is 1. The average Bonchev–Trinajstić information content (AvgIpc) is 2.65. The number of H-pyrrole nitrogens is 1. The number of imidazole rings is 1. The molecule has 0 spiro atoms. The Balaban J connectivity index is 2.39. The molecule has 1 aromatic carbocycles. The van der Waals surface area contributed by atoms with E-state index in [1.807, 2.05) is 6.92 Å². The summed E-state index contributed by atoms with van der Waals surface area (Å²) in [6.07, 6.45) is 0. The largest absolute Gasteiger partial charge is 0.478 e. The second kappa shape index (κ2) is 5.05. The van der Waals surface area contributed by atoms with Crippen LogP contribution in [0.3, 0.4) is 0 Å². The highest BCUT2D eigenvalue weighted by Crippen LogP contribution is 2.12. The van der Waals surface area contributed by atoms with Crippen LogP contribution in [0.15, 0.2) is 23.0 Å². The van der Waals surface area contributed by atoms with E-state index in [4.69, 9.17) is 9.84 Å². The van der Waals surface area contributed by atoms with Gasteiger partial charge in [0.1, 0.15) is 0 Å². The minimum atomic E-state index is -1.01. The second-order valence-corrected chi connectivity index (χ2v) is 3.82. The number of carbonyl (C=O) groups is 1. The summed E-state index contributed by atoms with van der Waals surface area (Å²) in [5, 5.41) is 8.87. The standard InChI is InChI=1S/C12H14N2O4/c1-2-18-6-5-14-10-4-3-8(11(15)16)7-9(10)13-12(14)17/h3-4,7H,2,5-6H2,1H3,(H,13,17)(H,15,16). The Bertz CT molecular complexity index is 627. The number of ether oxygens (including phenoxy) is 1. The van der Waals surface area contributed by atoms with E-state index in [-0.39, 0.29) is 11.3 Å². The van der Waals surface area contributed by atoms with Crippen molar-refractivity contribution in [2.75, 3.05) is 13.2 Å². The lowest BCUT2D eigenvalue weighted by molar-refractivity contribution is 0.0697. The van der Waals surface area contributed by atoms with Crippen LogP contribution in [0.4, 0.5) is 0 Å². The van der Waals surface area contributed by atoms with Gasteiger partial charge >= 0.3 is 11.7 Å². The normalized spacial score (nSPS) is 10.9. The van der Waals surface area contributed by atoms with Gasteiger partial charge in [0, 0.05) is 6.61 Å². The smallest absolute Gasteiger partial charge is 0.335 e. The number of hydrogen-bond acceptors (Lipinski definition) is 3. The lowest BCUT2D eigenvalue weighted by Crippen LogP contribution is -2.19. The molecule has 2 rings (SSSR count). The lowest BCUT2D eigenvalue weighted by Gasteiger charge is -2.03. The summed E-state index contributed by atoms with van der Waals surface area (Å²) >= 11 is 0. The van der Waals surface area contributed by atoms with E-state index >= 15 is 0 Å². The van der Waals surface area contributed by atoms with E-state index < -0.39 is 5.97 Å². The van der Waals surface area contributed by atoms with E-state index in [1.54, 1.807) is 6.07 Å². The average molecular weight is 250 g/mol. The van der Waals surface area contributed by atoms with Gasteiger partial charge in [-0.25, -0.2) is 9.59 Å². The Hall–Kier alpha value is -2.08. The van der Waals surface area contributed by atoms with Crippen molar-refractivity contribution in [3.8, 4) is 0 Å². The van der Waals surface area contributed by atoms with Gasteiger partial charge in [0.15, 0.2) is 0 Å². The molecule has 0 unspecified atom stereocenters. The minimum absolute atomic E-state index is 0.153. The third-order valence-corrected chi connectivity index (χ3v) is 2.68. The van der Waals surface area contributed by atoms with Crippen molar-refractivity contribution < 1.29 is 14.6 Å². The van der Waals surface area contributed by atoms with Crippen LogP contribution in [0.1, 0.15) is 17.3 Å². The number of carboxylic acid groups (broad SMARTS) is 1. The van der Waals surface area contributed by atoms with Gasteiger partial charge < -0.3 is 14.8 Å². The zero-order valence-corrected chi connectivity index (χ0v) is 9.97. The number of aromatic amines is 1. The van der Waals surface area contributed by atoms with Crippen molar-refractivity contribution in [2.24, 2.45) is 0 Å². The molecule has 6 heteroatoms. The summed E-state index contributed by atoms with van der Waals surface area (Å²) in [6, 6.07) is 4.56. The lowest BCUT2D eigenvalue weighted by atomic mass is 10.2. The molecule has 1 heterocycles. The molecule has 18 heavy (non-hydrogen) atoms. The van der Waals surface area contributed by atoms with Crippen LogP contribution < -0.4 is 5.69 Å². The maximum absolute atomic E-state index is 11.7. The molecule has 0 aliphatic heterocycles. The van der Waals surface area contributed by atoms with E-state index in [0.717, 1.165) is 0 Å². The topological polar surface area (TPSA) is 84.3 Å².